The number of amides is 3. The van der Waals surface area contributed by atoms with Crippen LogP contribution >= 0.6 is 22.9 Å². The topological polar surface area (TPSA) is 211 Å². The number of nitrogens with zero attached hydrogens (tertiary/aromatic N) is 5. The summed E-state index contributed by atoms with van der Waals surface area (Å²) in [6.07, 6.45) is -3.34. The number of ether oxygens (including phenoxy) is 3. The van der Waals surface area contributed by atoms with Gasteiger partial charge in [-0.2, -0.15) is 28.1 Å². The van der Waals surface area contributed by atoms with Crippen LogP contribution in [0, 0.1) is 0 Å². The summed E-state index contributed by atoms with van der Waals surface area (Å²) in [5, 5.41) is 17.0. The Bertz CT molecular complexity index is 2420. The number of carbonyl (C=O) groups excluding carboxylic acids is 4. The second kappa shape index (κ2) is 19.6. The molecule has 1 aliphatic carbocycles. The number of thiazole rings is 1. The lowest BCUT2D eigenvalue weighted by Crippen LogP contribution is -2.44. The molecule has 1 saturated carbocycles. The Morgan fingerprint density at radius 2 is 1.57 bits per heavy atom. The van der Waals surface area contributed by atoms with Crippen LogP contribution in [0.2, 0.25) is 5.02 Å². The maximum atomic E-state index is 13.2. The molecule has 5 aromatic rings. The molecular formula is C41H40ClF3N10O7S. The highest BCUT2D eigenvalue weighted by Crippen LogP contribution is 2.48. The minimum atomic E-state index is -4.64. The second-order valence-corrected chi connectivity index (χ2v) is 15.6. The predicted molar refractivity (Wildman–Crippen MR) is 227 cm³/mol. The molecule has 0 unspecified atom stereocenters. The standard InChI is InChI=1S/C41H40ClF3N10O7S/c1-60-35(59)30(14-17-46-33(57)34(58)47-28-10-2-24(3-11-28)31-22-63-39(50-31)55-18-20-61-21-19-55)49-32(56)25-4-12-29(13-5-25)48-36-51-37(53-38(52-36)62-23-41(43,44)45)54-40(15-16-40)26-6-8-27(42)9-7-26/h2-13,22,30H,14-21,23H2,1H3,(H,46,57)(H,47,58)(H,49,56)(H2,48,51,52,53,54)/t30-/m0/s1. The van der Waals surface area contributed by atoms with Gasteiger partial charge in [-0.05, 0) is 73.4 Å². The lowest BCUT2D eigenvalue weighted by molar-refractivity contribution is -0.154. The van der Waals surface area contributed by atoms with E-state index in [0.29, 0.717) is 42.5 Å². The van der Waals surface area contributed by atoms with Gasteiger partial charge < -0.3 is 45.7 Å². The van der Waals surface area contributed by atoms with Crippen LogP contribution in [-0.2, 0) is 29.4 Å². The molecule has 2 aromatic heterocycles. The van der Waals surface area contributed by atoms with Crippen LogP contribution in [0.5, 0.6) is 6.01 Å². The van der Waals surface area contributed by atoms with Crippen LogP contribution in [0.1, 0.15) is 35.2 Å². The van der Waals surface area contributed by atoms with Crippen molar-refractivity contribution in [3.8, 4) is 17.3 Å². The number of anilines is 5. The number of methoxy groups -OCH3 is 1. The number of alkyl halides is 3. The Morgan fingerprint density at radius 1 is 0.889 bits per heavy atom. The number of hydrogen-bond donors (Lipinski definition) is 5. The maximum Gasteiger partial charge on any atom is 0.422 e. The molecule has 1 saturated heterocycles. The van der Waals surface area contributed by atoms with E-state index in [9.17, 15) is 32.3 Å². The normalized spacial score (nSPS) is 14.8. The van der Waals surface area contributed by atoms with Crippen LogP contribution in [0.25, 0.3) is 11.3 Å². The molecule has 3 heterocycles. The molecule has 17 nitrogen and oxygen atoms in total. The molecule has 1 aliphatic heterocycles. The molecule has 7 rings (SSSR count). The first-order chi connectivity index (χ1) is 30.3. The summed E-state index contributed by atoms with van der Waals surface area (Å²) >= 11 is 7.58. The molecule has 0 spiro atoms. The first kappa shape index (κ1) is 44.5. The summed E-state index contributed by atoms with van der Waals surface area (Å²) in [4.78, 5) is 70.3. The van der Waals surface area contributed by atoms with E-state index in [-0.39, 0.29) is 30.4 Å². The van der Waals surface area contributed by atoms with Crippen LogP contribution in [0.3, 0.4) is 0 Å². The predicted octanol–water partition coefficient (Wildman–Crippen LogP) is 5.69. The third-order valence-electron chi connectivity index (χ3n) is 9.81. The van der Waals surface area contributed by atoms with Gasteiger partial charge in [0.25, 0.3) is 5.91 Å². The first-order valence-corrected chi connectivity index (χ1v) is 20.7. The van der Waals surface area contributed by atoms with E-state index in [1.807, 2.05) is 17.5 Å². The molecule has 1 atom stereocenters. The fourth-order valence-electron chi connectivity index (χ4n) is 6.36. The molecule has 0 radical (unpaired) electrons. The molecule has 22 heteroatoms. The average molecular weight is 909 g/mol. The smallest absolute Gasteiger partial charge is 0.422 e. The molecule has 63 heavy (non-hydrogen) atoms. The molecule has 3 amide bonds. The molecular weight excluding hydrogens is 869 g/mol. The van der Waals surface area contributed by atoms with Crippen molar-refractivity contribution in [2.45, 2.75) is 37.0 Å². The number of carbonyl (C=O) groups is 4. The molecule has 3 aromatic carbocycles. The summed E-state index contributed by atoms with van der Waals surface area (Å²) in [5.41, 5.74) is 2.81. The van der Waals surface area contributed by atoms with Crippen LogP contribution in [0.4, 0.5) is 41.6 Å². The van der Waals surface area contributed by atoms with Gasteiger partial charge in [-0.15, -0.1) is 11.3 Å². The first-order valence-electron chi connectivity index (χ1n) is 19.5. The highest BCUT2D eigenvalue weighted by atomic mass is 35.5. The quantitative estimate of drug-likeness (QED) is 0.0596. The zero-order valence-electron chi connectivity index (χ0n) is 33.5. The zero-order chi connectivity index (χ0) is 44.6. The number of benzene rings is 3. The van der Waals surface area contributed by atoms with Crippen molar-refractivity contribution < 1.29 is 46.6 Å². The van der Waals surface area contributed by atoms with Crippen molar-refractivity contribution in [1.82, 2.24) is 30.6 Å². The summed E-state index contributed by atoms with van der Waals surface area (Å²) < 4.78 is 54.1. The SMILES string of the molecule is COC(=O)[C@H](CCNC(=O)C(=O)Nc1ccc(-c2csc(N3CCOCC3)n2)cc1)NC(=O)c1ccc(Nc2nc(NC3(c4ccc(Cl)cc4)CC3)nc(OCC(F)(F)F)n2)cc1. The number of halogens is 4. The lowest BCUT2D eigenvalue weighted by atomic mass is 10.1. The van der Waals surface area contributed by atoms with Crippen LogP contribution < -0.4 is 36.2 Å². The number of hydrogen-bond acceptors (Lipinski definition) is 15. The van der Waals surface area contributed by atoms with Crippen LogP contribution in [0.15, 0.2) is 78.2 Å². The van der Waals surface area contributed by atoms with Gasteiger partial charge in [-0.1, -0.05) is 35.9 Å². The molecule has 5 N–H and O–H groups in total. The number of aromatic nitrogens is 4. The maximum absolute atomic E-state index is 13.2. The van der Waals surface area contributed by atoms with Gasteiger partial charge in [0.15, 0.2) is 11.7 Å². The minimum Gasteiger partial charge on any atom is -0.467 e. The lowest BCUT2D eigenvalue weighted by Gasteiger charge is -2.26. The summed E-state index contributed by atoms with van der Waals surface area (Å²) in [6, 6.07) is 18.1. The van der Waals surface area contributed by atoms with Crippen molar-refractivity contribution in [1.29, 1.82) is 0 Å². The Labute approximate surface area is 367 Å². The Morgan fingerprint density at radius 3 is 2.24 bits per heavy atom. The number of nitrogens with one attached hydrogen (secondary N) is 5. The van der Waals surface area contributed by atoms with Gasteiger partial charge in [-0.25, -0.2) is 9.78 Å². The Balaban J connectivity index is 0.913. The molecule has 2 aliphatic rings. The third kappa shape index (κ3) is 12.1. The number of esters is 1. The van der Waals surface area contributed by atoms with Gasteiger partial charge >= 0.3 is 30.0 Å². The number of morpholine rings is 1. The van der Waals surface area contributed by atoms with Crippen molar-refractivity contribution in [2.24, 2.45) is 0 Å². The minimum absolute atomic E-state index is 0.0324. The second-order valence-electron chi connectivity index (χ2n) is 14.3. The summed E-state index contributed by atoms with van der Waals surface area (Å²) in [5.74, 6) is -3.51. The van der Waals surface area contributed by atoms with E-state index in [2.05, 4.69) is 46.4 Å². The summed E-state index contributed by atoms with van der Waals surface area (Å²) in [7, 11) is 1.14. The van der Waals surface area contributed by atoms with E-state index in [0.717, 1.165) is 42.2 Å². The average Bonchev–Trinajstić information content (AvgIpc) is 3.88. The van der Waals surface area contributed by atoms with Crippen molar-refractivity contribution >= 4 is 75.0 Å². The van der Waals surface area contributed by atoms with Gasteiger partial charge in [0.1, 0.15) is 6.04 Å². The monoisotopic (exact) mass is 908 g/mol. The van der Waals surface area contributed by atoms with E-state index in [4.69, 9.17) is 30.8 Å². The third-order valence-corrected chi connectivity index (χ3v) is 11.0. The van der Waals surface area contributed by atoms with E-state index in [1.54, 1.807) is 36.4 Å². The Kier molecular flexibility index (Phi) is 13.9. The highest BCUT2D eigenvalue weighted by Gasteiger charge is 2.45. The van der Waals surface area contributed by atoms with Gasteiger partial charge in [0, 0.05) is 52.5 Å². The van der Waals surface area contributed by atoms with E-state index in [1.165, 1.54) is 35.6 Å². The fourth-order valence-corrected chi connectivity index (χ4v) is 7.37. The molecule has 330 valence electrons. The largest absolute Gasteiger partial charge is 0.467 e. The van der Waals surface area contributed by atoms with Gasteiger partial charge in [-0.3, -0.25) is 14.4 Å². The van der Waals surface area contributed by atoms with E-state index >= 15 is 0 Å². The fraction of sp³-hybridized carbons (Fsp3) is 0.317. The van der Waals surface area contributed by atoms with E-state index < -0.39 is 54.1 Å². The van der Waals surface area contributed by atoms with Crippen LogP contribution in [-0.4, -0.2) is 102 Å². The Hall–Kier alpha value is -6.58. The molecule has 0 bridgehead atoms. The van der Waals surface area contributed by atoms with Crippen molar-refractivity contribution in [3.05, 3.63) is 94.3 Å². The van der Waals surface area contributed by atoms with Crippen molar-refractivity contribution in [2.75, 3.05) is 67.4 Å². The van der Waals surface area contributed by atoms with Gasteiger partial charge in [0.2, 0.25) is 11.9 Å². The zero-order valence-corrected chi connectivity index (χ0v) is 35.0. The van der Waals surface area contributed by atoms with Gasteiger partial charge in [0.05, 0.1) is 31.6 Å². The van der Waals surface area contributed by atoms with Crippen molar-refractivity contribution in [3.63, 3.8) is 0 Å². The number of rotatable bonds is 16. The molecule has 2 fully saturated rings. The summed E-state index contributed by atoms with van der Waals surface area (Å²) in [6.45, 7) is 1.06. The highest BCUT2D eigenvalue weighted by molar-refractivity contribution is 7.14.